The van der Waals surface area contributed by atoms with E-state index in [1.165, 1.54) is 11.3 Å². The molecular weight excluding hydrogens is 350 g/mol. The van der Waals surface area contributed by atoms with Crippen LogP contribution < -0.4 is 9.64 Å². The van der Waals surface area contributed by atoms with Crippen LogP contribution in [-0.4, -0.2) is 59.9 Å². The monoisotopic (exact) mass is 373 g/mol. The van der Waals surface area contributed by atoms with Crippen molar-refractivity contribution in [1.82, 2.24) is 19.7 Å². The van der Waals surface area contributed by atoms with Crippen LogP contribution in [0.15, 0.2) is 24.4 Å². The molecule has 3 aromatic rings. The molecule has 138 valence electrons. The van der Waals surface area contributed by atoms with Gasteiger partial charge in [0.05, 0.1) is 11.8 Å². The van der Waals surface area contributed by atoms with Crippen LogP contribution in [0.3, 0.4) is 0 Å². The third kappa shape index (κ3) is 3.56. The molecule has 0 aliphatic rings. The highest BCUT2D eigenvalue weighted by Gasteiger charge is 2.25. The van der Waals surface area contributed by atoms with Crippen LogP contribution >= 0.6 is 11.3 Å². The molecule has 0 spiro atoms. The van der Waals surface area contributed by atoms with Crippen molar-refractivity contribution >= 4 is 32.6 Å². The Morgan fingerprint density at radius 2 is 2.08 bits per heavy atom. The highest BCUT2D eigenvalue weighted by atomic mass is 32.1. The summed E-state index contributed by atoms with van der Waals surface area (Å²) < 4.78 is 8.05. The molecule has 0 saturated carbocycles. The largest absolute Gasteiger partial charge is 0.494 e. The number of hydrogen-bond donors (Lipinski definition) is 0. The van der Waals surface area contributed by atoms with E-state index in [1.54, 1.807) is 16.7 Å². The predicted octanol–water partition coefficient (Wildman–Crippen LogP) is 2.56. The van der Waals surface area contributed by atoms with Crippen LogP contribution in [0.5, 0.6) is 5.75 Å². The summed E-state index contributed by atoms with van der Waals surface area (Å²) >= 11 is 1.48. The zero-order chi connectivity index (χ0) is 18.8. The number of aromatic nitrogens is 3. The average molecular weight is 373 g/mol. The Hall–Kier alpha value is -2.45. The highest BCUT2D eigenvalue weighted by molar-refractivity contribution is 7.22. The van der Waals surface area contributed by atoms with Crippen LogP contribution in [0.2, 0.25) is 0 Å². The van der Waals surface area contributed by atoms with Gasteiger partial charge in [0.15, 0.2) is 10.8 Å². The number of ether oxygens (including phenoxy) is 1. The Morgan fingerprint density at radius 3 is 2.69 bits per heavy atom. The second-order valence-electron chi connectivity index (χ2n) is 6.40. The molecule has 0 radical (unpaired) electrons. The maximum Gasteiger partial charge on any atom is 0.280 e. The summed E-state index contributed by atoms with van der Waals surface area (Å²) in [4.78, 5) is 21.6. The normalized spacial score (nSPS) is 11.3. The third-order valence-electron chi connectivity index (χ3n) is 4.05. The van der Waals surface area contributed by atoms with Gasteiger partial charge in [0.25, 0.3) is 5.91 Å². The van der Waals surface area contributed by atoms with Gasteiger partial charge in [-0.2, -0.15) is 5.10 Å². The van der Waals surface area contributed by atoms with Crippen LogP contribution in [0.1, 0.15) is 16.1 Å². The molecule has 2 aromatic heterocycles. The number of para-hydroxylation sites is 1. The number of carbonyl (C=O) groups is 1. The first-order valence-corrected chi connectivity index (χ1v) is 9.12. The lowest BCUT2D eigenvalue weighted by atomic mass is 10.2. The maximum absolute atomic E-state index is 13.2. The number of aryl methyl sites for hydroxylation is 2. The van der Waals surface area contributed by atoms with Crippen LogP contribution in [0, 0.1) is 6.92 Å². The highest BCUT2D eigenvalue weighted by Crippen LogP contribution is 2.34. The number of nitrogens with zero attached hydrogens (tertiary/aromatic N) is 5. The molecule has 0 aliphatic carbocycles. The molecule has 8 heteroatoms. The van der Waals surface area contributed by atoms with Gasteiger partial charge in [-0.05, 0) is 33.2 Å². The predicted molar refractivity (Wildman–Crippen MR) is 104 cm³/mol. The molecule has 0 saturated heterocycles. The summed E-state index contributed by atoms with van der Waals surface area (Å²) in [6, 6.07) is 5.79. The molecule has 1 aromatic carbocycles. The zero-order valence-electron chi connectivity index (χ0n) is 15.7. The molecule has 1 amide bonds. The minimum absolute atomic E-state index is 0.136. The minimum atomic E-state index is -0.136. The number of hydrogen-bond acceptors (Lipinski definition) is 6. The summed E-state index contributed by atoms with van der Waals surface area (Å²) in [7, 11) is 7.41. The van der Waals surface area contributed by atoms with E-state index in [-0.39, 0.29) is 5.91 Å². The van der Waals surface area contributed by atoms with Crippen molar-refractivity contribution in [2.75, 3.05) is 39.2 Å². The number of anilines is 1. The van der Waals surface area contributed by atoms with Crippen molar-refractivity contribution in [3.8, 4) is 5.75 Å². The van der Waals surface area contributed by atoms with Crippen LogP contribution in [-0.2, 0) is 7.05 Å². The van der Waals surface area contributed by atoms with Gasteiger partial charge in [0.1, 0.15) is 11.3 Å². The van der Waals surface area contributed by atoms with E-state index in [1.807, 2.05) is 57.4 Å². The summed E-state index contributed by atoms with van der Waals surface area (Å²) in [6.45, 7) is 3.15. The van der Waals surface area contributed by atoms with Crippen molar-refractivity contribution in [1.29, 1.82) is 0 Å². The van der Waals surface area contributed by atoms with E-state index < -0.39 is 0 Å². The molecule has 7 nitrogen and oxygen atoms in total. The van der Waals surface area contributed by atoms with Gasteiger partial charge in [-0.3, -0.25) is 14.4 Å². The molecule has 3 rings (SSSR count). The van der Waals surface area contributed by atoms with Gasteiger partial charge < -0.3 is 9.64 Å². The molecule has 0 N–H and O–H groups in total. The lowest BCUT2D eigenvalue weighted by molar-refractivity contribution is 0.0979. The van der Waals surface area contributed by atoms with Crippen LogP contribution in [0.25, 0.3) is 10.2 Å². The van der Waals surface area contributed by atoms with Crippen LogP contribution in [0.4, 0.5) is 5.13 Å². The van der Waals surface area contributed by atoms with Gasteiger partial charge in [0, 0.05) is 31.9 Å². The Balaban J connectivity index is 2.03. The van der Waals surface area contributed by atoms with E-state index in [0.717, 1.165) is 22.3 Å². The first kappa shape index (κ1) is 18.3. The fourth-order valence-corrected chi connectivity index (χ4v) is 3.73. The van der Waals surface area contributed by atoms with E-state index in [2.05, 4.69) is 5.10 Å². The topological polar surface area (TPSA) is 63.5 Å². The van der Waals surface area contributed by atoms with Gasteiger partial charge in [-0.15, -0.1) is 0 Å². The molecule has 0 atom stereocenters. The summed E-state index contributed by atoms with van der Waals surface area (Å²) in [5.41, 5.74) is 2.08. The molecular formula is C18H23N5O2S. The summed E-state index contributed by atoms with van der Waals surface area (Å²) in [5, 5.41) is 4.99. The minimum Gasteiger partial charge on any atom is -0.494 e. The molecule has 26 heavy (non-hydrogen) atoms. The summed E-state index contributed by atoms with van der Waals surface area (Å²) in [6.07, 6.45) is 1.85. The molecule has 0 fully saturated rings. The lowest BCUT2D eigenvalue weighted by Crippen LogP contribution is -2.37. The van der Waals surface area contributed by atoms with Gasteiger partial charge in [0.2, 0.25) is 0 Å². The second kappa shape index (κ2) is 7.43. The number of fused-ring (bicyclic) bond motifs is 1. The first-order chi connectivity index (χ1) is 12.4. The fourth-order valence-electron chi connectivity index (χ4n) is 2.72. The first-order valence-electron chi connectivity index (χ1n) is 8.31. The summed E-state index contributed by atoms with van der Waals surface area (Å²) in [5.74, 6) is 0.571. The van der Waals surface area contributed by atoms with Crippen molar-refractivity contribution in [2.24, 2.45) is 7.05 Å². The van der Waals surface area contributed by atoms with E-state index in [0.29, 0.717) is 23.1 Å². The maximum atomic E-state index is 13.2. The second-order valence-corrected chi connectivity index (χ2v) is 7.41. The third-order valence-corrected chi connectivity index (χ3v) is 5.10. The number of amides is 1. The van der Waals surface area contributed by atoms with Crippen molar-refractivity contribution < 1.29 is 9.53 Å². The van der Waals surface area contributed by atoms with Crippen molar-refractivity contribution in [2.45, 2.75) is 6.92 Å². The van der Waals surface area contributed by atoms with E-state index in [4.69, 9.17) is 9.72 Å². The standard InChI is InChI=1S/C18H23N5O2S/c1-12-11-22(4)20-15(12)17(24)23(10-9-21(2)3)18-19-16-13(25-5)7-6-8-14(16)26-18/h6-8,11H,9-10H2,1-5H3. The Labute approximate surface area is 156 Å². The number of thiazole rings is 1. The zero-order valence-corrected chi connectivity index (χ0v) is 16.5. The average Bonchev–Trinajstić information content (AvgIpc) is 3.16. The Morgan fingerprint density at radius 1 is 1.31 bits per heavy atom. The van der Waals surface area contributed by atoms with E-state index >= 15 is 0 Å². The SMILES string of the molecule is COc1cccc2sc(N(CCN(C)C)C(=O)c3nn(C)cc3C)nc12. The smallest absolute Gasteiger partial charge is 0.280 e. The fraction of sp³-hybridized carbons (Fsp3) is 0.389. The number of methoxy groups -OCH3 is 1. The van der Waals surface area contributed by atoms with Gasteiger partial charge in [-0.1, -0.05) is 17.4 Å². The van der Waals surface area contributed by atoms with E-state index in [9.17, 15) is 4.79 Å². The number of benzene rings is 1. The van der Waals surface area contributed by atoms with Crippen molar-refractivity contribution in [3.05, 3.63) is 35.7 Å². The number of carbonyl (C=O) groups excluding carboxylic acids is 1. The Bertz CT molecular complexity index is 931. The van der Waals surface area contributed by atoms with Gasteiger partial charge in [-0.25, -0.2) is 4.98 Å². The van der Waals surface area contributed by atoms with Gasteiger partial charge >= 0.3 is 0 Å². The lowest BCUT2D eigenvalue weighted by Gasteiger charge is -2.21. The number of likely N-dealkylation sites (N-methyl/N-ethyl adjacent to an activating group) is 1. The van der Waals surface area contributed by atoms with Crippen molar-refractivity contribution in [3.63, 3.8) is 0 Å². The molecule has 0 bridgehead atoms. The molecule has 0 unspecified atom stereocenters. The Kier molecular flexibility index (Phi) is 5.24. The molecule has 0 aliphatic heterocycles. The molecule has 2 heterocycles. The quantitative estimate of drug-likeness (QED) is 0.664. The number of rotatable bonds is 6.